The van der Waals surface area contributed by atoms with Crippen molar-refractivity contribution >= 4 is 62.5 Å². The lowest BCUT2D eigenvalue weighted by Gasteiger charge is -2.37. The molecule has 0 radical (unpaired) electrons. The molecule has 2 unspecified atom stereocenters. The fraction of sp³-hybridized carbons (Fsp3) is 0.269. The molecule has 4 rings (SSSR count). The minimum Gasteiger partial charge on any atom is -0.385 e. The van der Waals surface area contributed by atoms with Gasteiger partial charge in [0.2, 0.25) is 0 Å². The molecule has 1 fully saturated rings. The van der Waals surface area contributed by atoms with Crippen molar-refractivity contribution in [2.24, 2.45) is 0 Å². The van der Waals surface area contributed by atoms with Crippen molar-refractivity contribution in [2.45, 2.75) is 23.3 Å². The first-order valence-corrected chi connectivity index (χ1v) is 14.9. The van der Waals surface area contributed by atoms with Gasteiger partial charge in [0.05, 0.1) is 21.7 Å². The van der Waals surface area contributed by atoms with Gasteiger partial charge in [0.25, 0.3) is 5.91 Å². The van der Waals surface area contributed by atoms with Crippen LogP contribution in [-0.4, -0.2) is 50.1 Å². The monoisotopic (exact) mass is 579 g/mol. The molecule has 2 atom stereocenters. The molecule has 11 heteroatoms. The first-order valence-electron chi connectivity index (χ1n) is 11.5. The number of hydrogen-bond acceptors (Lipinski definition) is 4. The van der Waals surface area contributed by atoms with E-state index in [0.717, 1.165) is 0 Å². The maximum atomic E-state index is 13.2. The van der Waals surface area contributed by atoms with Gasteiger partial charge < -0.3 is 10.4 Å². The summed E-state index contributed by atoms with van der Waals surface area (Å²) in [5, 5.41) is 14.9. The average molecular weight is 581 g/mol. The topological polar surface area (TPSA) is 90.0 Å². The summed E-state index contributed by atoms with van der Waals surface area (Å²) < 4.78 is 28.4. The summed E-state index contributed by atoms with van der Waals surface area (Å²) in [6.45, 7) is 0.851. The molecule has 1 amide bonds. The van der Waals surface area contributed by atoms with E-state index in [2.05, 4.69) is 5.32 Å². The predicted octanol–water partition coefficient (Wildman–Crippen LogP) is 4.98. The van der Waals surface area contributed by atoms with Gasteiger partial charge in [-0.1, -0.05) is 35.3 Å². The highest BCUT2D eigenvalue weighted by atomic mass is 35.5. The number of piperidine rings is 1. The number of halogens is 2. The van der Waals surface area contributed by atoms with Crippen LogP contribution in [0.15, 0.2) is 71.6 Å². The number of para-hydroxylation sites is 1. The van der Waals surface area contributed by atoms with Crippen LogP contribution in [0.3, 0.4) is 0 Å². The lowest BCUT2D eigenvalue weighted by molar-refractivity contribution is -0.00884. The van der Waals surface area contributed by atoms with Crippen LogP contribution in [0, 0.1) is 0 Å². The Balaban J connectivity index is 1.40. The molecular formula is C26H27Cl2N3O4S2. The Labute approximate surface area is 231 Å². The molecule has 1 aliphatic heterocycles. The number of carbonyl (C=O) groups excluding carboxylic acids is 1. The number of hydrogen-bond donors (Lipinski definition) is 2. The predicted molar refractivity (Wildman–Crippen MR) is 151 cm³/mol. The molecule has 3 aromatic carbocycles. The second-order valence-corrected chi connectivity index (χ2v) is 12.5. The summed E-state index contributed by atoms with van der Waals surface area (Å²) >= 11 is 12.2. The van der Waals surface area contributed by atoms with Gasteiger partial charge in [-0.2, -0.15) is 0 Å². The number of nitrogens with one attached hydrogen (secondary N) is 1. The van der Waals surface area contributed by atoms with Crippen molar-refractivity contribution in [1.29, 1.82) is 0 Å². The number of amides is 1. The zero-order valence-corrected chi connectivity index (χ0v) is 23.5. The quantitative estimate of drug-likeness (QED) is 0.413. The highest BCUT2D eigenvalue weighted by molar-refractivity contribution is 7.85. The molecule has 2 N–H and O–H groups in total. The van der Waals surface area contributed by atoms with E-state index in [4.69, 9.17) is 23.2 Å². The van der Waals surface area contributed by atoms with Gasteiger partial charge in [-0.3, -0.25) is 9.10 Å². The first kappa shape index (κ1) is 27.8. The van der Waals surface area contributed by atoms with E-state index < -0.39 is 27.6 Å². The lowest BCUT2D eigenvalue weighted by atomic mass is 9.85. The van der Waals surface area contributed by atoms with Crippen molar-refractivity contribution in [3.8, 4) is 0 Å². The molecule has 3 aromatic rings. The maximum Gasteiger partial charge on any atom is 0.257 e. The molecule has 0 aromatic heterocycles. The zero-order valence-electron chi connectivity index (χ0n) is 20.3. The van der Waals surface area contributed by atoms with Crippen molar-refractivity contribution in [3.63, 3.8) is 0 Å². The van der Waals surface area contributed by atoms with Crippen molar-refractivity contribution < 1.29 is 18.3 Å². The number of carbonyl (C=O) groups is 1. The molecule has 0 bridgehead atoms. The van der Waals surface area contributed by atoms with Crippen LogP contribution in [0.4, 0.5) is 11.4 Å². The molecule has 0 saturated carbocycles. The number of benzene rings is 3. The summed E-state index contributed by atoms with van der Waals surface area (Å²) in [6, 6.07) is 18.8. The molecule has 196 valence electrons. The smallest absolute Gasteiger partial charge is 0.257 e. The van der Waals surface area contributed by atoms with Crippen LogP contribution in [-0.2, 0) is 27.6 Å². The standard InChI is InChI=1S/C26H27Cl2N3O4S2/c1-30(36(2)34)24-6-4-3-5-23(24)25(32)29-21-7-9-22(10-8-21)37(35)31-13-11-26(33,12-14-31)18-15-19(27)17-20(28)16-18/h3-10,15-17,33H,11-14H2,1-2H3,(H,29,32). The molecular weight excluding hydrogens is 553 g/mol. The van der Waals surface area contributed by atoms with Crippen LogP contribution >= 0.6 is 23.2 Å². The van der Waals surface area contributed by atoms with Gasteiger partial charge >= 0.3 is 0 Å². The fourth-order valence-corrected chi connectivity index (χ4v) is 6.36. The minimum atomic E-state index is -1.42. The van der Waals surface area contributed by atoms with E-state index in [9.17, 15) is 18.3 Å². The van der Waals surface area contributed by atoms with Gasteiger partial charge in [-0.25, -0.2) is 12.7 Å². The van der Waals surface area contributed by atoms with E-state index in [-0.39, 0.29) is 5.91 Å². The number of nitrogens with zero attached hydrogens (tertiary/aromatic N) is 2. The van der Waals surface area contributed by atoms with E-state index >= 15 is 0 Å². The Morgan fingerprint density at radius 1 is 1.00 bits per heavy atom. The Kier molecular flexibility index (Phi) is 8.73. The second-order valence-electron chi connectivity index (χ2n) is 8.78. The Bertz CT molecular complexity index is 1330. The van der Waals surface area contributed by atoms with Crippen molar-refractivity contribution in [3.05, 3.63) is 87.9 Å². The molecule has 1 saturated heterocycles. The third-order valence-corrected chi connectivity index (χ3v) is 9.29. The molecule has 37 heavy (non-hydrogen) atoms. The normalized spacial score (nSPS) is 17.1. The van der Waals surface area contributed by atoms with Crippen LogP contribution in [0.25, 0.3) is 0 Å². The van der Waals surface area contributed by atoms with Gasteiger partial charge in [0.15, 0.2) is 0 Å². The SMILES string of the molecule is CN(c1ccccc1C(=O)Nc1ccc(S(=O)N2CCC(O)(c3cc(Cl)cc(Cl)c3)CC2)cc1)S(C)=O. The van der Waals surface area contributed by atoms with E-state index in [0.29, 0.717) is 63.4 Å². The van der Waals surface area contributed by atoms with Crippen LogP contribution in [0.1, 0.15) is 28.8 Å². The summed E-state index contributed by atoms with van der Waals surface area (Å²) in [5.41, 5.74) is 1.08. The molecule has 1 heterocycles. The Hall–Kier alpha value is -2.27. The summed E-state index contributed by atoms with van der Waals surface area (Å²) in [4.78, 5) is 13.5. The maximum absolute atomic E-state index is 13.2. The van der Waals surface area contributed by atoms with Gasteiger partial charge in [0.1, 0.15) is 22.0 Å². The van der Waals surface area contributed by atoms with Crippen molar-refractivity contribution in [2.75, 3.05) is 36.0 Å². The second kappa shape index (κ2) is 11.6. The lowest BCUT2D eigenvalue weighted by Crippen LogP contribution is -2.43. The molecule has 7 nitrogen and oxygen atoms in total. The number of rotatable bonds is 7. The summed E-state index contributed by atoms with van der Waals surface area (Å²) in [5.74, 6) is -0.335. The van der Waals surface area contributed by atoms with Gasteiger partial charge in [0, 0.05) is 42.1 Å². The Morgan fingerprint density at radius 2 is 1.59 bits per heavy atom. The summed E-state index contributed by atoms with van der Waals surface area (Å²) in [6.07, 6.45) is 2.32. The largest absolute Gasteiger partial charge is 0.385 e. The number of aliphatic hydroxyl groups is 1. The highest BCUT2D eigenvalue weighted by Gasteiger charge is 2.36. The summed E-state index contributed by atoms with van der Waals surface area (Å²) in [7, 11) is -1.04. The van der Waals surface area contributed by atoms with Gasteiger partial charge in [-0.05, 0) is 73.0 Å². The fourth-order valence-electron chi connectivity index (χ4n) is 4.21. The van der Waals surface area contributed by atoms with E-state index in [1.165, 1.54) is 4.31 Å². The van der Waals surface area contributed by atoms with E-state index in [1.54, 1.807) is 80.0 Å². The van der Waals surface area contributed by atoms with Crippen LogP contribution in [0.5, 0.6) is 0 Å². The third-order valence-electron chi connectivity index (χ3n) is 6.37. The average Bonchev–Trinajstić information content (AvgIpc) is 2.88. The molecule has 0 aliphatic carbocycles. The molecule has 1 aliphatic rings. The zero-order chi connectivity index (χ0) is 26.7. The minimum absolute atomic E-state index is 0.335. The molecule has 0 spiro atoms. The number of anilines is 2. The van der Waals surface area contributed by atoms with Gasteiger partial charge in [-0.15, -0.1) is 0 Å². The third kappa shape index (κ3) is 6.42. The van der Waals surface area contributed by atoms with Crippen LogP contribution < -0.4 is 9.62 Å². The first-order chi connectivity index (χ1) is 17.6. The highest BCUT2D eigenvalue weighted by Crippen LogP contribution is 2.36. The Morgan fingerprint density at radius 3 is 2.19 bits per heavy atom. The van der Waals surface area contributed by atoms with E-state index in [1.807, 2.05) is 4.31 Å². The van der Waals surface area contributed by atoms with Crippen LogP contribution in [0.2, 0.25) is 10.0 Å². The van der Waals surface area contributed by atoms with Crippen molar-refractivity contribution in [1.82, 2.24) is 4.31 Å².